The second-order valence-corrected chi connectivity index (χ2v) is 7.40. The summed E-state index contributed by atoms with van der Waals surface area (Å²) in [4.78, 5) is 27.8. The number of carbonyl (C=O) groups excluding carboxylic acids is 2. The van der Waals surface area contributed by atoms with Gasteiger partial charge in [-0.25, -0.2) is 4.79 Å². The molecule has 23 heavy (non-hydrogen) atoms. The highest BCUT2D eigenvalue weighted by Crippen LogP contribution is 2.23. The Hall–Kier alpha value is -2.04. The Kier molecular flexibility index (Phi) is 4.97. The van der Waals surface area contributed by atoms with Crippen molar-refractivity contribution < 1.29 is 9.59 Å². The van der Waals surface area contributed by atoms with Crippen molar-refractivity contribution in [3.63, 3.8) is 0 Å². The molecule has 1 aliphatic rings. The highest BCUT2D eigenvalue weighted by atomic mass is 16.2. The minimum Gasteiger partial charge on any atom is -0.350 e. The summed E-state index contributed by atoms with van der Waals surface area (Å²) in [7, 11) is 0. The van der Waals surface area contributed by atoms with Gasteiger partial charge in [0.25, 0.3) is 0 Å². The molecule has 1 fully saturated rings. The standard InChI is InChI=1S/C18H27N3O2/c1-13(2)14-6-8-15(9-7-14)21-11-10-20(17(21)23)12-16(22)19-18(3,4)5/h6-9,13H,10-12H2,1-5H3,(H,19,22). The molecule has 0 spiro atoms. The van der Waals surface area contributed by atoms with E-state index in [9.17, 15) is 9.59 Å². The van der Waals surface area contributed by atoms with Gasteiger partial charge in [0, 0.05) is 24.3 Å². The number of rotatable bonds is 4. The highest BCUT2D eigenvalue weighted by Gasteiger charge is 2.31. The zero-order chi connectivity index (χ0) is 17.2. The van der Waals surface area contributed by atoms with Gasteiger partial charge in [-0.2, -0.15) is 0 Å². The number of carbonyl (C=O) groups is 2. The molecule has 0 aliphatic carbocycles. The third kappa shape index (κ3) is 4.47. The fourth-order valence-electron chi connectivity index (χ4n) is 2.64. The number of urea groups is 1. The molecule has 5 heteroatoms. The summed E-state index contributed by atoms with van der Waals surface area (Å²) in [5, 5.41) is 2.89. The molecule has 1 N–H and O–H groups in total. The number of nitrogens with one attached hydrogen (secondary N) is 1. The van der Waals surface area contributed by atoms with Crippen LogP contribution in [0.5, 0.6) is 0 Å². The van der Waals surface area contributed by atoms with E-state index in [2.05, 4.69) is 31.3 Å². The third-order valence-electron chi connectivity index (χ3n) is 3.82. The summed E-state index contributed by atoms with van der Waals surface area (Å²) in [6.45, 7) is 11.4. The van der Waals surface area contributed by atoms with Crippen LogP contribution in [0, 0.1) is 0 Å². The summed E-state index contributed by atoms with van der Waals surface area (Å²) in [5.74, 6) is 0.346. The van der Waals surface area contributed by atoms with E-state index in [1.54, 1.807) is 9.80 Å². The number of nitrogens with zero attached hydrogens (tertiary/aromatic N) is 2. The van der Waals surface area contributed by atoms with Crippen molar-refractivity contribution in [2.45, 2.75) is 46.1 Å². The maximum absolute atomic E-state index is 12.5. The molecular weight excluding hydrogens is 290 g/mol. The molecule has 0 radical (unpaired) electrons. The van der Waals surface area contributed by atoms with Crippen molar-refractivity contribution in [3.05, 3.63) is 29.8 Å². The zero-order valence-corrected chi connectivity index (χ0v) is 14.7. The van der Waals surface area contributed by atoms with E-state index in [1.165, 1.54) is 5.56 Å². The summed E-state index contributed by atoms with van der Waals surface area (Å²) in [5.41, 5.74) is 1.85. The van der Waals surface area contributed by atoms with Gasteiger partial charge in [-0.3, -0.25) is 9.69 Å². The van der Waals surface area contributed by atoms with Gasteiger partial charge >= 0.3 is 6.03 Å². The molecule has 0 saturated carbocycles. The Bertz CT molecular complexity index is 573. The van der Waals surface area contributed by atoms with E-state index in [-0.39, 0.29) is 24.0 Å². The minimum atomic E-state index is -0.285. The Morgan fingerprint density at radius 3 is 2.30 bits per heavy atom. The summed E-state index contributed by atoms with van der Waals surface area (Å²) < 4.78 is 0. The maximum Gasteiger partial charge on any atom is 0.325 e. The first-order valence-corrected chi connectivity index (χ1v) is 8.15. The summed E-state index contributed by atoms with van der Waals surface area (Å²) >= 11 is 0. The fourth-order valence-corrected chi connectivity index (χ4v) is 2.64. The Balaban J connectivity index is 2.00. The average molecular weight is 317 g/mol. The second-order valence-electron chi connectivity index (χ2n) is 7.40. The topological polar surface area (TPSA) is 52.6 Å². The zero-order valence-electron chi connectivity index (χ0n) is 14.7. The van der Waals surface area contributed by atoms with Crippen LogP contribution in [0.25, 0.3) is 0 Å². The molecule has 1 aliphatic heterocycles. The first-order valence-electron chi connectivity index (χ1n) is 8.15. The largest absolute Gasteiger partial charge is 0.350 e. The SMILES string of the molecule is CC(C)c1ccc(N2CCN(CC(=O)NC(C)(C)C)C2=O)cc1. The Morgan fingerprint density at radius 2 is 1.78 bits per heavy atom. The van der Waals surface area contributed by atoms with Crippen molar-refractivity contribution in [3.8, 4) is 0 Å². The number of benzene rings is 1. The van der Waals surface area contributed by atoms with Crippen LogP contribution >= 0.6 is 0 Å². The number of hydrogen-bond acceptors (Lipinski definition) is 2. The van der Waals surface area contributed by atoms with Gasteiger partial charge < -0.3 is 10.2 Å². The lowest BCUT2D eigenvalue weighted by Gasteiger charge is -2.23. The van der Waals surface area contributed by atoms with Gasteiger partial charge in [-0.15, -0.1) is 0 Å². The quantitative estimate of drug-likeness (QED) is 0.928. The van der Waals surface area contributed by atoms with E-state index in [0.717, 1.165) is 5.69 Å². The van der Waals surface area contributed by atoms with Crippen LogP contribution in [-0.4, -0.2) is 42.0 Å². The van der Waals surface area contributed by atoms with Crippen molar-refractivity contribution in [2.75, 3.05) is 24.5 Å². The van der Waals surface area contributed by atoms with E-state index >= 15 is 0 Å². The van der Waals surface area contributed by atoms with Crippen LogP contribution in [0.1, 0.15) is 46.1 Å². The lowest BCUT2D eigenvalue weighted by atomic mass is 10.0. The van der Waals surface area contributed by atoms with Crippen molar-refractivity contribution in [1.29, 1.82) is 0 Å². The molecule has 1 aromatic rings. The summed E-state index contributed by atoms with van der Waals surface area (Å²) in [6.07, 6.45) is 0. The Labute approximate surface area is 138 Å². The molecule has 1 heterocycles. The first-order chi connectivity index (χ1) is 10.7. The molecule has 3 amide bonds. The van der Waals surface area contributed by atoms with Crippen LogP contribution in [0.15, 0.2) is 24.3 Å². The summed E-state index contributed by atoms with van der Waals surface area (Å²) in [6, 6.07) is 7.97. The maximum atomic E-state index is 12.5. The molecule has 0 bridgehead atoms. The number of anilines is 1. The monoisotopic (exact) mass is 317 g/mol. The van der Waals surface area contributed by atoms with E-state index in [1.807, 2.05) is 32.9 Å². The van der Waals surface area contributed by atoms with Crippen molar-refractivity contribution in [1.82, 2.24) is 10.2 Å². The molecule has 0 unspecified atom stereocenters. The van der Waals surface area contributed by atoms with Gasteiger partial charge in [0.2, 0.25) is 5.91 Å². The highest BCUT2D eigenvalue weighted by molar-refractivity contribution is 5.96. The van der Waals surface area contributed by atoms with Gasteiger partial charge in [0.15, 0.2) is 0 Å². The molecule has 1 saturated heterocycles. The molecule has 2 rings (SSSR count). The Morgan fingerprint density at radius 1 is 1.17 bits per heavy atom. The lowest BCUT2D eigenvalue weighted by Crippen LogP contribution is -2.46. The van der Waals surface area contributed by atoms with Gasteiger partial charge in [0.1, 0.15) is 6.54 Å². The molecular formula is C18H27N3O2. The predicted octanol–water partition coefficient (Wildman–Crippen LogP) is 2.97. The minimum absolute atomic E-state index is 0.105. The number of amides is 3. The van der Waals surface area contributed by atoms with Crippen LogP contribution < -0.4 is 10.2 Å². The number of hydrogen-bond donors (Lipinski definition) is 1. The molecule has 0 atom stereocenters. The van der Waals surface area contributed by atoms with Gasteiger partial charge in [0.05, 0.1) is 0 Å². The van der Waals surface area contributed by atoms with Crippen LogP contribution in [0.3, 0.4) is 0 Å². The molecule has 5 nitrogen and oxygen atoms in total. The molecule has 0 aromatic heterocycles. The molecule has 126 valence electrons. The molecule has 1 aromatic carbocycles. The smallest absolute Gasteiger partial charge is 0.325 e. The third-order valence-corrected chi connectivity index (χ3v) is 3.82. The van der Waals surface area contributed by atoms with Gasteiger partial charge in [-0.05, 0) is 44.4 Å². The van der Waals surface area contributed by atoms with Crippen LogP contribution in [-0.2, 0) is 4.79 Å². The van der Waals surface area contributed by atoms with Crippen LogP contribution in [0.2, 0.25) is 0 Å². The fraction of sp³-hybridized carbons (Fsp3) is 0.556. The van der Waals surface area contributed by atoms with Crippen molar-refractivity contribution in [2.24, 2.45) is 0 Å². The second kappa shape index (κ2) is 6.60. The first kappa shape index (κ1) is 17.3. The normalized spacial score (nSPS) is 15.5. The van der Waals surface area contributed by atoms with E-state index < -0.39 is 0 Å². The van der Waals surface area contributed by atoms with Crippen LogP contribution in [0.4, 0.5) is 10.5 Å². The van der Waals surface area contributed by atoms with E-state index in [0.29, 0.717) is 19.0 Å². The lowest BCUT2D eigenvalue weighted by molar-refractivity contribution is -0.122. The van der Waals surface area contributed by atoms with Gasteiger partial charge in [-0.1, -0.05) is 26.0 Å². The van der Waals surface area contributed by atoms with Crippen molar-refractivity contribution >= 4 is 17.6 Å². The van der Waals surface area contributed by atoms with E-state index in [4.69, 9.17) is 0 Å². The predicted molar refractivity (Wildman–Crippen MR) is 92.7 cm³/mol. The average Bonchev–Trinajstić information content (AvgIpc) is 2.78.